The van der Waals surface area contributed by atoms with E-state index < -0.39 is 23.1 Å². The van der Waals surface area contributed by atoms with E-state index in [1.54, 1.807) is 24.3 Å². The van der Waals surface area contributed by atoms with Gasteiger partial charge in [0.05, 0.1) is 12.9 Å². The van der Waals surface area contributed by atoms with Crippen LogP contribution < -0.4 is 26.7 Å². The molecule has 3 rings (SSSR count). The molecule has 166 valence electrons. The average Bonchev–Trinajstić information content (AvgIpc) is 2.77. The van der Waals surface area contributed by atoms with Gasteiger partial charge in [0, 0.05) is 11.3 Å². The van der Waals surface area contributed by atoms with Crippen molar-refractivity contribution in [2.24, 2.45) is 0 Å². The number of hydrogen-bond acceptors (Lipinski definition) is 7. The van der Waals surface area contributed by atoms with Crippen molar-refractivity contribution in [3.63, 3.8) is 0 Å². The first kappa shape index (κ1) is 22.7. The Balaban J connectivity index is 1.63. The molecule has 0 radical (unpaired) electrons. The first-order valence-electron chi connectivity index (χ1n) is 8.99. The van der Waals surface area contributed by atoms with Crippen molar-refractivity contribution >= 4 is 40.8 Å². The second kappa shape index (κ2) is 9.92. The number of thioether (sulfide) groups is 1. The number of rotatable bonds is 7. The number of H-pyrrole nitrogens is 1. The predicted molar refractivity (Wildman–Crippen MR) is 116 cm³/mol. The summed E-state index contributed by atoms with van der Waals surface area (Å²) in [4.78, 5) is 42.9. The molecule has 0 saturated carbocycles. The molecule has 9 nitrogen and oxygen atoms in total. The lowest BCUT2D eigenvalue weighted by atomic mass is 10.2. The lowest BCUT2D eigenvalue weighted by molar-refractivity contribution is -0.113. The van der Waals surface area contributed by atoms with Crippen LogP contribution in [0.5, 0.6) is 5.75 Å². The molecule has 0 unspecified atom stereocenters. The number of nitrogens with two attached hydrogens (primary N) is 1. The zero-order valence-corrected chi connectivity index (χ0v) is 17.4. The Labute approximate surface area is 184 Å². The number of carbonyl (C=O) groups excluding carboxylic acids is 2. The van der Waals surface area contributed by atoms with E-state index in [9.17, 15) is 23.2 Å². The Kier molecular flexibility index (Phi) is 7.05. The van der Waals surface area contributed by atoms with Crippen molar-refractivity contribution < 1.29 is 23.1 Å². The number of carbonyl (C=O) groups is 2. The van der Waals surface area contributed by atoms with E-state index in [0.717, 1.165) is 23.9 Å². The van der Waals surface area contributed by atoms with Crippen LogP contribution in [0.25, 0.3) is 0 Å². The molecule has 0 bridgehead atoms. The summed E-state index contributed by atoms with van der Waals surface area (Å²) < 4.78 is 31.4. The number of methoxy groups -OCH3 is 1. The van der Waals surface area contributed by atoms with Crippen molar-refractivity contribution in [2.75, 3.05) is 29.2 Å². The van der Waals surface area contributed by atoms with Gasteiger partial charge in [0.25, 0.3) is 11.5 Å². The fraction of sp³-hybridized carbons (Fsp3) is 0.100. The fourth-order valence-corrected chi connectivity index (χ4v) is 3.15. The van der Waals surface area contributed by atoms with Gasteiger partial charge >= 0.3 is 0 Å². The van der Waals surface area contributed by atoms with Gasteiger partial charge in [0.1, 0.15) is 11.4 Å². The number of amides is 2. The number of anilines is 3. The number of nitrogen functional groups attached to an aromatic ring is 1. The van der Waals surface area contributed by atoms with Gasteiger partial charge in [-0.1, -0.05) is 11.8 Å². The largest absolute Gasteiger partial charge is 0.497 e. The molecule has 0 fully saturated rings. The smallest absolute Gasteiger partial charge is 0.277 e. The van der Waals surface area contributed by atoms with Crippen LogP contribution in [0.1, 0.15) is 10.4 Å². The highest BCUT2D eigenvalue weighted by molar-refractivity contribution is 7.99. The van der Waals surface area contributed by atoms with Crippen LogP contribution >= 0.6 is 11.8 Å². The number of aromatic amines is 1. The fourth-order valence-electron chi connectivity index (χ4n) is 2.49. The van der Waals surface area contributed by atoms with Gasteiger partial charge in [-0.05, 0) is 42.5 Å². The molecule has 0 saturated heterocycles. The molecule has 32 heavy (non-hydrogen) atoms. The summed E-state index contributed by atoms with van der Waals surface area (Å²) >= 11 is 0.924. The van der Waals surface area contributed by atoms with Gasteiger partial charge in [-0.15, -0.1) is 0 Å². The highest BCUT2D eigenvalue weighted by atomic mass is 32.2. The van der Waals surface area contributed by atoms with E-state index in [1.807, 2.05) is 0 Å². The summed E-state index contributed by atoms with van der Waals surface area (Å²) in [6.07, 6.45) is 0. The quantitative estimate of drug-likeness (QED) is 0.313. The molecule has 3 aromatic rings. The summed E-state index contributed by atoms with van der Waals surface area (Å²) in [5.74, 6) is -3.28. The van der Waals surface area contributed by atoms with E-state index in [4.69, 9.17) is 10.5 Å². The molecule has 0 aliphatic rings. The number of nitrogens with zero attached hydrogens (tertiary/aromatic N) is 1. The number of hydrogen-bond donors (Lipinski definition) is 4. The van der Waals surface area contributed by atoms with E-state index in [-0.39, 0.29) is 33.9 Å². The number of benzene rings is 2. The summed E-state index contributed by atoms with van der Waals surface area (Å²) in [6.45, 7) is 0. The highest BCUT2D eigenvalue weighted by Crippen LogP contribution is 2.19. The normalized spacial score (nSPS) is 10.5. The summed E-state index contributed by atoms with van der Waals surface area (Å²) in [6, 6.07) is 9.25. The first-order valence-corrected chi connectivity index (χ1v) is 9.98. The highest BCUT2D eigenvalue weighted by Gasteiger charge is 2.16. The molecule has 2 amide bonds. The second-order valence-corrected chi connectivity index (χ2v) is 7.24. The molecular formula is C20H17F2N5O4S. The molecular weight excluding hydrogens is 444 g/mol. The van der Waals surface area contributed by atoms with E-state index in [0.29, 0.717) is 17.5 Å². The van der Waals surface area contributed by atoms with Gasteiger partial charge in [-0.3, -0.25) is 19.4 Å². The molecule has 12 heteroatoms. The van der Waals surface area contributed by atoms with Gasteiger partial charge in [-0.2, -0.15) is 0 Å². The molecule has 1 heterocycles. The van der Waals surface area contributed by atoms with Crippen molar-refractivity contribution in [3.8, 4) is 5.75 Å². The standard InChI is InChI=1S/C20H17F2N5O4S/c1-31-12-5-3-11(4-6-12)24-15(28)9-32-20-26-17(23)16(19(30)27-20)25-18(29)10-2-7-13(21)14(22)8-10/h2-8H,9H2,1H3,(H,24,28)(H,25,29)(H3,23,26,27,30). The van der Waals surface area contributed by atoms with Crippen LogP contribution in [0.4, 0.5) is 26.0 Å². The van der Waals surface area contributed by atoms with E-state index in [2.05, 4.69) is 20.6 Å². The Bertz CT molecular complexity index is 1220. The molecule has 5 N–H and O–H groups in total. The summed E-state index contributed by atoms with van der Waals surface area (Å²) in [5.41, 5.74) is 4.98. The van der Waals surface area contributed by atoms with E-state index >= 15 is 0 Å². The third-order valence-corrected chi connectivity index (χ3v) is 4.93. The zero-order chi connectivity index (χ0) is 23.3. The van der Waals surface area contributed by atoms with Crippen molar-refractivity contribution in [1.29, 1.82) is 0 Å². The molecule has 0 spiro atoms. The maximum atomic E-state index is 13.3. The minimum Gasteiger partial charge on any atom is -0.497 e. The van der Waals surface area contributed by atoms with Crippen molar-refractivity contribution in [1.82, 2.24) is 9.97 Å². The van der Waals surface area contributed by atoms with Crippen LogP contribution in [0, 0.1) is 11.6 Å². The molecule has 0 aliphatic carbocycles. The first-order chi connectivity index (χ1) is 15.3. The second-order valence-electron chi connectivity index (χ2n) is 6.28. The van der Waals surface area contributed by atoms with Crippen LogP contribution in [0.3, 0.4) is 0 Å². The predicted octanol–water partition coefficient (Wildman–Crippen LogP) is 2.62. The Morgan fingerprint density at radius 3 is 2.47 bits per heavy atom. The number of aromatic nitrogens is 2. The monoisotopic (exact) mass is 461 g/mol. The third kappa shape index (κ3) is 5.60. The van der Waals surface area contributed by atoms with Gasteiger partial charge in [0.15, 0.2) is 22.6 Å². The number of nitrogens with one attached hydrogen (secondary N) is 3. The number of halogens is 2. The Hall–Kier alpha value is -3.93. The van der Waals surface area contributed by atoms with Gasteiger partial charge in [-0.25, -0.2) is 13.8 Å². The van der Waals surface area contributed by atoms with E-state index in [1.165, 1.54) is 7.11 Å². The van der Waals surface area contributed by atoms with Crippen LogP contribution in [0.15, 0.2) is 52.4 Å². The van der Waals surface area contributed by atoms with Gasteiger partial charge in [0.2, 0.25) is 5.91 Å². The van der Waals surface area contributed by atoms with Crippen LogP contribution in [0.2, 0.25) is 0 Å². The van der Waals surface area contributed by atoms with Crippen molar-refractivity contribution in [3.05, 3.63) is 70.0 Å². The van der Waals surface area contributed by atoms with Crippen molar-refractivity contribution in [2.45, 2.75) is 5.16 Å². The summed E-state index contributed by atoms with van der Waals surface area (Å²) in [5, 5.41) is 4.95. The zero-order valence-electron chi connectivity index (χ0n) is 16.6. The SMILES string of the molecule is COc1ccc(NC(=O)CSc2nc(N)c(NC(=O)c3ccc(F)c(F)c3)c(=O)[nH]2)cc1. The lowest BCUT2D eigenvalue weighted by Crippen LogP contribution is -2.23. The van der Waals surface area contributed by atoms with Crippen LogP contribution in [-0.2, 0) is 4.79 Å². The maximum absolute atomic E-state index is 13.3. The maximum Gasteiger partial charge on any atom is 0.277 e. The minimum absolute atomic E-state index is 0.0585. The van der Waals surface area contributed by atoms with Crippen LogP contribution in [-0.4, -0.2) is 34.6 Å². The molecule has 1 aromatic heterocycles. The summed E-state index contributed by atoms with van der Waals surface area (Å²) in [7, 11) is 1.53. The average molecular weight is 461 g/mol. The topological polar surface area (TPSA) is 139 Å². The van der Waals surface area contributed by atoms with Gasteiger partial charge < -0.3 is 21.1 Å². The molecule has 0 atom stereocenters. The molecule has 0 aliphatic heterocycles. The Morgan fingerprint density at radius 1 is 1.12 bits per heavy atom. The third-order valence-electron chi connectivity index (χ3n) is 4.06. The number of ether oxygens (including phenoxy) is 1. The minimum atomic E-state index is -1.21. The lowest BCUT2D eigenvalue weighted by Gasteiger charge is -2.09. The Morgan fingerprint density at radius 2 is 1.84 bits per heavy atom. The molecule has 2 aromatic carbocycles.